The predicted octanol–water partition coefficient (Wildman–Crippen LogP) is 4.81. The number of ether oxygens (including phenoxy) is 1. The zero-order chi connectivity index (χ0) is 24.4. The minimum absolute atomic E-state index is 0.109. The molecule has 0 amide bonds. The molecule has 0 unspecified atom stereocenters. The van der Waals surface area contributed by atoms with Gasteiger partial charge in [0.15, 0.2) is 0 Å². The van der Waals surface area contributed by atoms with Crippen molar-refractivity contribution in [3.8, 4) is 11.1 Å². The molecule has 1 aliphatic rings. The molecule has 0 spiro atoms. The first-order valence-electron chi connectivity index (χ1n) is 12.1. The summed E-state index contributed by atoms with van der Waals surface area (Å²) < 4.78 is 5.72. The number of benzene rings is 2. The number of H-pyrrole nitrogens is 1. The Balaban J connectivity index is 1.27. The number of nitrogens with one attached hydrogen (secondary N) is 1. The number of aliphatic hydroxyl groups is 1. The Morgan fingerprint density at radius 1 is 1.17 bits per heavy atom. The Kier molecular flexibility index (Phi) is 7.11. The fourth-order valence-electron chi connectivity index (χ4n) is 4.38. The van der Waals surface area contributed by atoms with Crippen LogP contribution in [0.25, 0.3) is 21.3 Å². The molecule has 0 bridgehead atoms. The summed E-state index contributed by atoms with van der Waals surface area (Å²) in [6.07, 6.45) is 1.59. The molecule has 2 N–H and O–H groups in total. The van der Waals surface area contributed by atoms with Crippen molar-refractivity contribution in [1.29, 1.82) is 0 Å². The molecule has 182 valence electrons. The Labute approximate surface area is 209 Å². The lowest BCUT2D eigenvalue weighted by atomic mass is 10.0. The minimum Gasteiger partial charge on any atom is -0.389 e. The molecule has 2 heterocycles. The lowest BCUT2D eigenvalue weighted by Crippen LogP contribution is -2.37. The van der Waals surface area contributed by atoms with Crippen molar-refractivity contribution in [3.63, 3.8) is 0 Å². The topological polar surface area (TPSA) is 78.5 Å². The summed E-state index contributed by atoms with van der Waals surface area (Å²) >= 11 is 1.50. The lowest BCUT2D eigenvalue weighted by Gasteiger charge is -2.24. The average molecular weight is 490 g/mol. The Hall–Kier alpha value is -2.84. The number of rotatable bonds is 10. The van der Waals surface area contributed by atoms with Crippen molar-refractivity contribution in [2.75, 3.05) is 13.2 Å². The second kappa shape index (κ2) is 10.4. The van der Waals surface area contributed by atoms with Gasteiger partial charge >= 0.3 is 0 Å². The number of fused-ring (bicyclic) bond motifs is 1. The number of thiophene rings is 1. The van der Waals surface area contributed by atoms with Crippen LogP contribution in [0.15, 0.2) is 58.7 Å². The van der Waals surface area contributed by atoms with E-state index >= 15 is 0 Å². The van der Waals surface area contributed by atoms with Gasteiger partial charge in [0.1, 0.15) is 10.7 Å². The molecule has 1 atom stereocenters. The van der Waals surface area contributed by atoms with Crippen molar-refractivity contribution in [2.24, 2.45) is 0 Å². The normalized spacial score (nSPS) is 14.6. The first-order chi connectivity index (χ1) is 17.0. The summed E-state index contributed by atoms with van der Waals surface area (Å²) in [6.45, 7) is 5.91. The molecule has 0 aliphatic heterocycles. The highest BCUT2D eigenvalue weighted by atomic mass is 32.1. The fraction of sp³-hybridized carbons (Fsp3) is 0.357. The van der Waals surface area contributed by atoms with Crippen molar-refractivity contribution < 1.29 is 9.84 Å². The van der Waals surface area contributed by atoms with E-state index in [2.05, 4.69) is 41.9 Å². The van der Waals surface area contributed by atoms with Gasteiger partial charge in [0, 0.05) is 23.5 Å². The van der Waals surface area contributed by atoms with Gasteiger partial charge in [-0.15, -0.1) is 11.3 Å². The molecule has 1 saturated carbocycles. The third kappa shape index (κ3) is 5.70. The van der Waals surface area contributed by atoms with Crippen molar-refractivity contribution >= 4 is 21.6 Å². The van der Waals surface area contributed by atoms with E-state index in [1.165, 1.54) is 22.5 Å². The Bertz CT molecular complexity index is 1360. The van der Waals surface area contributed by atoms with Crippen LogP contribution < -0.4 is 5.56 Å². The van der Waals surface area contributed by atoms with Crippen molar-refractivity contribution in [2.45, 2.75) is 52.0 Å². The van der Waals surface area contributed by atoms with Crippen LogP contribution in [0.4, 0.5) is 0 Å². The van der Waals surface area contributed by atoms with Gasteiger partial charge in [-0.05, 0) is 48.9 Å². The zero-order valence-corrected chi connectivity index (χ0v) is 21.0. The van der Waals surface area contributed by atoms with Crippen LogP contribution in [0.5, 0.6) is 0 Å². The Morgan fingerprint density at radius 3 is 2.71 bits per heavy atom. The lowest BCUT2D eigenvalue weighted by molar-refractivity contribution is 0.00666. The van der Waals surface area contributed by atoms with E-state index in [-0.39, 0.29) is 12.2 Å². The smallest absolute Gasteiger partial charge is 0.260 e. The molecule has 4 aromatic rings. The maximum absolute atomic E-state index is 13.1. The molecule has 2 aromatic heterocycles. The molecular weight excluding hydrogens is 458 g/mol. The van der Waals surface area contributed by atoms with Gasteiger partial charge in [-0.2, -0.15) is 0 Å². The van der Waals surface area contributed by atoms with Crippen molar-refractivity contribution in [1.82, 2.24) is 14.9 Å². The number of nitrogens with zero attached hydrogens (tertiary/aromatic N) is 2. The summed E-state index contributed by atoms with van der Waals surface area (Å²) in [5, 5.41) is 13.3. The highest BCUT2D eigenvalue weighted by Gasteiger charge is 2.31. The summed E-state index contributed by atoms with van der Waals surface area (Å²) in [4.78, 5) is 23.9. The molecular formula is C28H31N3O3S. The maximum Gasteiger partial charge on any atom is 0.260 e. The van der Waals surface area contributed by atoms with E-state index in [1.54, 1.807) is 0 Å². The van der Waals surface area contributed by atoms with Gasteiger partial charge in [-0.3, -0.25) is 9.69 Å². The summed E-state index contributed by atoms with van der Waals surface area (Å²) in [5.41, 5.74) is 5.38. The number of aromatic amines is 1. The summed E-state index contributed by atoms with van der Waals surface area (Å²) in [7, 11) is 0. The molecule has 1 fully saturated rings. The third-order valence-electron chi connectivity index (χ3n) is 6.59. The standard InChI is InChI=1S/C28H31N3O3S/c1-18-8-9-21(12-19(18)2)24-17-35-28-26(24)27(33)29-25(30-28)14-31(22-10-11-22)13-23(32)16-34-15-20-6-4-3-5-7-20/h3-9,12,17,22-23,32H,10-11,13-16H2,1-2H3,(H,29,30,33)/t23-/m1/s1. The predicted molar refractivity (Wildman–Crippen MR) is 141 cm³/mol. The van der Waals surface area contributed by atoms with Crippen LogP contribution in [0.2, 0.25) is 0 Å². The summed E-state index contributed by atoms with van der Waals surface area (Å²) in [6, 6.07) is 16.6. The van der Waals surface area contributed by atoms with Crippen LogP contribution in [-0.4, -0.2) is 45.3 Å². The van der Waals surface area contributed by atoms with Crippen LogP contribution >= 0.6 is 11.3 Å². The maximum atomic E-state index is 13.1. The first kappa shape index (κ1) is 23.9. The fourth-order valence-corrected chi connectivity index (χ4v) is 5.34. The number of hydrogen-bond donors (Lipinski definition) is 2. The van der Waals surface area contributed by atoms with Gasteiger partial charge in [-0.25, -0.2) is 4.98 Å². The van der Waals surface area contributed by atoms with Crippen molar-refractivity contribution in [3.05, 3.63) is 86.8 Å². The highest BCUT2D eigenvalue weighted by molar-refractivity contribution is 7.17. The monoisotopic (exact) mass is 489 g/mol. The van der Waals surface area contributed by atoms with E-state index in [0.717, 1.165) is 34.4 Å². The van der Waals surface area contributed by atoms with E-state index in [1.807, 2.05) is 35.7 Å². The minimum atomic E-state index is -0.604. The zero-order valence-electron chi connectivity index (χ0n) is 20.2. The molecule has 0 radical (unpaired) electrons. The van der Waals surface area contributed by atoms with Gasteiger partial charge in [0.25, 0.3) is 5.56 Å². The molecule has 5 rings (SSSR count). The second-order valence-corrected chi connectivity index (χ2v) is 10.3. The average Bonchev–Trinajstić information content (AvgIpc) is 3.60. The molecule has 7 heteroatoms. The SMILES string of the molecule is Cc1ccc(-c2csc3nc(CN(C[C@@H](O)COCc4ccccc4)C4CC4)[nH]c(=O)c23)cc1C. The highest BCUT2D eigenvalue weighted by Crippen LogP contribution is 2.32. The second-order valence-electron chi connectivity index (χ2n) is 9.46. The van der Waals surface area contributed by atoms with Crippen LogP contribution in [-0.2, 0) is 17.9 Å². The number of aromatic nitrogens is 2. The molecule has 2 aromatic carbocycles. The number of aliphatic hydroxyl groups excluding tert-OH is 1. The van der Waals surface area contributed by atoms with Gasteiger partial charge < -0.3 is 14.8 Å². The molecule has 1 aliphatic carbocycles. The van der Waals surface area contributed by atoms with E-state index < -0.39 is 6.10 Å². The van der Waals surface area contributed by atoms with Gasteiger partial charge in [0.05, 0.1) is 31.2 Å². The summed E-state index contributed by atoms with van der Waals surface area (Å²) in [5.74, 6) is 0.639. The van der Waals surface area contributed by atoms with Gasteiger partial charge in [-0.1, -0.05) is 48.5 Å². The number of aryl methyl sites for hydroxylation is 2. The number of hydrogen-bond acceptors (Lipinski definition) is 6. The van der Waals surface area contributed by atoms with E-state index in [0.29, 0.717) is 36.9 Å². The molecule has 6 nitrogen and oxygen atoms in total. The van der Waals surface area contributed by atoms with E-state index in [4.69, 9.17) is 9.72 Å². The largest absolute Gasteiger partial charge is 0.389 e. The van der Waals surface area contributed by atoms with Crippen LogP contribution in [0, 0.1) is 13.8 Å². The first-order valence-corrected chi connectivity index (χ1v) is 13.0. The third-order valence-corrected chi connectivity index (χ3v) is 7.47. The quantitative estimate of drug-likeness (QED) is 0.334. The van der Waals surface area contributed by atoms with E-state index in [9.17, 15) is 9.90 Å². The van der Waals surface area contributed by atoms with Gasteiger partial charge in [0.2, 0.25) is 0 Å². The Morgan fingerprint density at radius 2 is 1.97 bits per heavy atom. The van der Waals surface area contributed by atoms with Crippen LogP contribution in [0.1, 0.15) is 35.4 Å². The van der Waals surface area contributed by atoms with Crippen LogP contribution in [0.3, 0.4) is 0 Å². The molecule has 0 saturated heterocycles. The molecule has 35 heavy (non-hydrogen) atoms.